The van der Waals surface area contributed by atoms with Gasteiger partial charge in [0, 0.05) is 23.7 Å². The number of hydrogen-bond acceptors (Lipinski definition) is 6. The molecule has 4 rings (SSSR count). The molecule has 8 heteroatoms. The summed E-state index contributed by atoms with van der Waals surface area (Å²) in [6, 6.07) is 13.6. The van der Waals surface area contributed by atoms with Gasteiger partial charge in [-0.3, -0.25) is 9.59 Å². The third-order valence-corrected chi connectivity index (χ3v) is 6.32. The molecule has 2 aromatic carbocycles. The Bertz CT molecular complexity index is 1240. The molecule has 0 spiro atoms. The second kappa shape index (κ2) is 9.95. The van der Waals surface area contributed by atoms with Gasteiger partial charge in [-0.05, 0) is 18.6 Å². The van der Waals surface area contributed by atoms with Crippen LogP contribution in [-0.4, -0.2) is 29.6 Å². The molecule has 0 saturated carbocycles. The molecule has 1 aliphatic rings. The summed E-state index contributed by atoms with van der Waals surface area (Å²) in [6.45, 7) is 5.99. The van der Waals surface area contributed by atoms with Crippen LogP contribution >= 0.6 is 11.8 Å². The first kappa shape index (κ1) is 22.7. The van der Waals surface area contributed by atoms with Crippen LogP contribution in [0.15, 0.2) is 65.1 Å². The highest BCUT2D eigenvalue weighted by molar-refractivity contribution is 7.98. The zero-order valence-corrected chi connectivity index (χ0v) is 19.3. The van der Waals surface area contributed by atoms with Crippen molar-refractivity contribution >= 4 is 23.5 Å². The van der Waals surface area contributed by atoms with Crippen LogP contribution < -0.4 is 20.3 Å². The summed E-state index contributed by atoms with van der Waals surface area (Å²) in [7, 11) is 1.55. The Morgan fingerprint density at radius 2 is 2.00 bits per heavy atom. The first-order valence-electron chi connectivity index (χ1n) is 10.5. The molecular weight excluding hydrogens is 438 g/mol. The molecular formula is C25H25N3O4S. The van der Waals surface area contributed by atoms with E-state index in [9.17, 15) is 9.59 Å². The minimum absolute atomic E-state index is 0.102. The molecule has 0 bridgehead atoms. The number of H-pyrrole nitrogens is 1. The average molecular weight is 464 g/mol. The third-order valence-electron chi connectivity index (χ3n) is 5.38. The van der Waals surface area contributed by atoms with E-state index in [4.69, 9.17) is 9.47 Å². The summed E-state index contributed by atoms with van der Waals surface area (Å²) in [5.74, 6) is 1.21. The molecule has 1 atom stereocenters. The summed E-state index contributed by atoms with van der Waals surface area (Å²) >= 11 is 1.41. The number of nitrogens with zero attached hydrogens (tertiary/aromatic N) is 1. The molecule has 0 saturated heterocycles. The van der Waals surface area contributed by atoms with Crippen molar-refractivity contribution in [3.63, 3.8) is 0 Å². The lowest BCUT2D eigenvalue weighted by Gasteiger charge is -2.26. The third kappa shape index (κ3) is 4.96. The molecule has 1 aromatic heterocycles. The molecule has 1 amide bonds. The summed E-state index contributed by atoms with van der Waals surface area (Å²) in [6.07, 6.45) is 1.73. The number of methoxy groups -OCH3 is 1. The number of carbonyl (C=O) groups is 1. The van der Waals surface area contributed by atoms with Crippen molar-refractivity contribution in [3.8, 4) is 11.5 Å². The van der Waals surface area contributed by atoms with Crippen LogP contribution in [0.1, 0.15) is 34.6 Å². The summed E-state index contributed by atoms with van der Waals surface area (Å²) in [4.78, 5) is 33.2. The van der Waals surface area contributed by atoms with Crippen molar-refractivity contribution in [1.29, 1.82) is 0 Å². The maximum atomic E-state index is 13.2. The van der Waals surface area contributed by atoms with E-state index >= 15 is 0 Å². The molecule has 3 aromatic rings. The number of fused-ring (bicyclic) bond motifs is 1. The minimum atomic E-state index is -0.518. The molecule has 33 heavy (non-hydrogen) atoms. The molecule has 1 aliphatic heterocycles. The SMILES string of the molecule is C=CCOc1c(OC)cccc1[C@H]1CC(=O)Nc2nc(SCc3ccc(C)cc3)[nH]c(=O)c21. The van der Waals surface area contributed by atoms with E-state index in [2.05, 4.69) is 21.9 Å². The van der Waals surface area contributed by atoms with Crippen LogP contribution in [0.2, 0.25) is 0 Å². The molecule has 170 valence electrons. The first-order chi connectivity index (χ1) is 16.0. The van der Waals surface area contributed by atoms with E-state index in [-0.39, 0.29) is 30.3 Å². The molecule has 0 unspecified atom stereocenters. The van der Waals surface area contributed by atoms with Gasteiger partial charge in [-0.1, -0.05) is 66.4 Å². The lowest BCUT2D eigenvalue weighted by molar-refractivity contribution is -0.116. The van der Waals surface area contributed by atoms with E-state index in [0.717, 1.165) is 5.56 Å². The number of aromatic nitrogens is 2. The maximum absolute atomic E-state index is 13.2. The number of para-hydroxylation sites is 1. The van der Waals surface area contributed by atoms with E-state index in [0.29, 0.717) is 33.5 Å². The van der Waals surface area contributed by atoms with Crippen molar-refractivity contribution in [3.05, 3.63) is 87.7 Å². The fourth-order valence-corrected chi connectivity index (χ4v) is 4.60. The second-order valence-corrected chi connectivity index (χ2v) is 8.65. The fourth-order valence-electron chi connectivity index (χ4n) is 3.79. The highest BCUT2D eigenvalue weighted by Gasteiger charge is 2.33. The van der Waals surface area contributed by atoms with Crippen LogP contribution in [0, 0.1) is 6.92 Å². The van der Waals surface area contributed by atoms with Crippen LogP contribution in [0.4, 0.5) is 5.82 Å². The number of thioether (sulfide) groups is 1. The summed E-state index contributed by atoms with van der Waals surface area (Å²) in [5, 5.41) is 3.22. The summed E-state index contributed by atoms with van der Waals surface area (Å²) in [5.41, 5.74) is 3.12. The number of carbonyl (C=O) groups excluding carboxylic acids is 1. The molecule has 0 fully saturated rings. The van der Waals surface area contributed by atoms with Crippen molar-refractivity contribution in [2.24, 2.45) is 0 Å². The van der Waals surface area contributed by atoms with Gasteiger partial charge in [-0.2, -0.15) is 0 Å². The van der Waals surface area contributed by atoms with Crippen LogP contribution in [-0.2, 0) is 10.5 Å². The van der Waals surface area contributed by atoms with Gasteiger partial charge < -0.3 is 19.8 Å². The van der Waals surface area contributed by atoms with Gasteiger partial charge in [0.05, 0.1) is 12.7 Å². The number of benzene rings is 2. The number of amides is 1. The van der Waals surface area contributed by atoms with E-state index < -0.39 is 5.92 Å². The largest absolute Gasteiger partial charge is 0.493 e. The normalized spacial score (nSPS) is 14.8. The van der Waals surface area contributed by atoms with Gasteiger partial charge >= 0.3 is 0 Å². The van der Waals surface area contributed by atoms with Crippen molar-refractivity contribution < 1.29 is 14.3 Å². The van der Waals surface area contributed by atoms with Gasteiger partial charge in [0.25, 0.3) is 5.56 Å². The Kier molecular flexibility index (Phi) is 6.84. The number of rotatable bonds is 8. The highest BCUT2D eigenvalue weighted by Crippen LogP contribution is 2.42. The fraction of sp³-hybridized carbons (Fsp3) is 0.240. The number of aryl methyl sites for hydroxylation is 1. The van der Waals surface area contributed by atoms with Gasteiger partial charge in [0.1, 0.15) is 12.4 Å². The predicted octanol–water partition coefficient (Wildman–Crippen LogP) is 4.42. The monoisotopic (exact) mass is 463 g/mol. The van der Waals surface area contributed by atoms with Gasteiger partial charge in [0.2, 0.25) is 5.91 Å². The number of nitrogens with one attached hydrogen (secondary N) is 2. The Morgan fingerprint density at radius 1 is 1.21 bits per heavy atom. The van der Waals surface area contributed by atoms with E-state index in [1.54, 1.807) is 19.3 Å². The maximum Gasteiger partial charge on any atom is 0.257 e. The second-order valence-electron chi connectivity index (χ2n) is 7.69. The number of anilines is 1. The molecule has 2 heterocycles. The van der Waals surface area contributed by atoms with Crippen LogP contribution in [0.3, 0.4) is 0 Å². The standard InChI is InChI=1S/C25H25N3O4S/c1-4-12-32-22-17(6-5-7-19(22)31-3)18-13-20(29)26-23-21(18)24(30)28-25(27-23)33-14-16-10-8-15(2)9-11-16/h4-11,18H,1,12-14H2,2-3H3,(H2,26,27,28,29,30)/t18-/m1/s1. The van der Waals surface area contributed by atoms with Gasteiger partial charge in [-0.15, -0.1) is 0 Å². The molecule has 7 nitrogen and oxygen atoms in total. The lowest BCUT2D eigenvalue weighted by atomic mass is 9.86. The number of ether oxygens (including phenoxy) is 2. The van der Waals surface area contributed by atoms with E-state index in [1.165, 1.54) is 17.3 Å². The number of hydrogen-bond donors (Lipinski definition) is 2. The first-order valence-corrected chi connectivity index (χ1v) is 11.5. The van der Waals surface area contributed by atoms with Crippen molar-refractivity contribution in [2.45, 2.75) is 30.2 Å². The Balaban J connectivity index is 1.70. The molecule has 2 N–H and O–H groups in total. The zero-order valence-electron chi connectivity index (χ0n) is 18.5. The van der Waals surface area contributed by atoms with Crippen molar-refractivity contribution in [2.75, 3.05) is 19.0 Å². The van der Waals surface area contributed by atoms with Crippen LogP contribution in [0.25, 0.3) is 0 Å². The Hall–Kier alpha value is -3.52. The zero-order chi connectivity index (χ0) is 23.4. The smallest absolute Gasteiger partial charge is 0.257 e. The highest BCUT2D eigenvalue weighted by atomic mass is 32.2. The molecule has 0 aliphatic carbocycles. The molecule has 0 radical (unpaired) electrons. The Morgan fingerprint density at radius 3 is 2.73 bits per heavy atom. The topological polar surface area (TPSA) is 93.3 Å². The van der Waals surface area contributed by atoms with E-state index in [1.807, 2.05) is 43.3 Å². The average Bonchev–Trinajstić information content (AvgIpc) is 2.81. The number of aromatic amines is 1. The van der Waals surface area contributed by atoms with Crippen molar-refractivity contribution in [1.82, 2.24) is 9.97 Å². The van der Waals surface area contributed by atoms with Crippen LogP contribution in [0.5, 0.6) is 11.5 Å². The minimum Gasteiger partial charge on any atom is -0.493 e. The lowest BCUT2D eigenvalue weighted by Crippen LogP contribution is -2.31. The predicted molar refractivity (Wildman–Crippen MR) is 129 cm³/mol. The van der Waals surface area contributed by atoms with Gasteiger partial charge in [0.15, 0.2) is 16.7 Å². The van der Waals surface area contributed by atoms with Gasteiger partial charge in [-0.25, -0.2) is 4.98 Å². The quantitative estimate of drug-likeness (QED) is 0.292. The Labute approximate surface area is 196 Å². The summed E-state index contributed by atoms with van der Waals surface area (Å²) < 4.78 is 11.3.